The Kier molecular flexibility index (Phi) is 6.08. The molecule has 0 aliphatic carbocycles. The van der Waals surface area contributed by atoms with E-state index < -0.39 is 0 Å². The first-order valence-electron chi connectivity index (χ1n) is 10.7. The van der Waals surface area contributed by atoms with Crippen molar-refractivity contribution in [3.05, 3.63) is 101 Å². The number of aryl methyl sites for hydroxylation is 2. The molecular weight excluding hydrogens is 384 g/mol. The highest BCUT2D eigenvalue weighted by atomic mass is 16.5. The largest absolute Gasteiger partial charge is 0.484 e. The fourth-order valence-corrected chi connectivity index (χ4v) is 3.89. The molecule has 0 aliphatic heterocycles. The summed E-state index contributed by atoms with van der Waals surface area (Å²) in [4.78, 5) is 18.3. The SMILES string of the molecule is CCc1ccc(OCC(=O)N(C)[C@@H](c2ccc(C)cc2)c2c[nH]c3ccccc23)cc1. The molecule has 0 radical (unpaired) electrons. The molecular formula is C27H28N2O2. The van der Waals surface area contributed by atoms with E-state index in [0.29, 0.717) is 5.75 Å². The summed E-state index contributed by atoms with van der Waals surface area (Å²) < 4.78 is 5.80. The molecule has 1 N–H and O–H groups in total. The van der Waals surface area contributed by atoms with Gasteiger partial charge in [0.1, 0.15) is 5.75 Å². The van der Waals surface area contributed by atoms with Crippen LogP contribution >= 0.6 is 0 Å². The maximum Gasteiger partial charge on any atom is 0.261 e. The van der Waals surface area contributed by atoms with E-state index in [4.69, 9.17) is 4.74 Å². The lowest BCUT2D eigenvalue weighted by Gasteiger charge is -2.29. The summed E-state index contributed by atoms with van der Waals surface area (Å²) in [6.07, 6.45) is 2.98. The number of nitrogens with one attached hydrogen (secondary N) is 1. The number of aromatic nitrogens is 1. The molecule has 158 valence electrons. The Morgan fingerprint density at radius 3 is 2.42 bits per heavy atom. The van der Waals surface area contributed by atoms with E-state index in [1.54, 1.807) is 4.90 Å². The van der Waals surface area contributed by atoms with Crippen LogP contribution in [-0.4, -0.2) is 29.4 Å². The Balaban J connectivity index is 1.61. The topological polar surface area (TPSA) is 45.3 Å². The zero-order chi connectivity index (χ0) is 21.8. The summed E-state index contributed by atoms with van der Waals surface area (Å²) in [6.45, 7) is 4.17. The Hall–Kier alpha value is -3.53. The number of carbonyl (C=O) groups is 1. The van der Waals surface area contributed by atoms with Gasteiger partial charge in [0.25, 0.3) is 5.91 Å². The number of amides is 1. The Morgan fingerprint density at radius 1 is 1.00 bits per heavy atom. The molecule has 31 heavy (non-hydrogen) atoms. The Bertz CT molecular complexity index is 1160. The van der Waals surface area contributed by atoms with Crippen LogP contribution in [0.15, 0.2) is 79.0 Å². The number of para-hydroxylation sites is 1. The number of rotatable bonds is 7. The van der Waals surface area contributed by atoms with Crippen molar-refractivity contribution in [1.82, 2.24) is 9.88 Å². The number of H-pyrrole nitrogens is 1. The number of hydrogen-bond acceptors (Lipinski definition) is 2. The highest BCUT2D eigenvalue weighted by Gasteiger charge is 2.26. The van der Waals surface area contributed by atoms with Gasteiger partial charge in [-0.1, -0.05) is 67.1 Å². The number of aromatic amines is 1. The average molecular weight is 413 g/mol. The predicted molar refractivity (Wildman–Crippen MR) is 125 cm³/mol. The smallest absolute Gasteiger partial charge is 0.261 e. The molecule has 4 heteroatoms. The van der Waals surface area contributed by atoms with Crippen LogP contribution in [0.1, 0.15) is 35.2 Å². The zero-order valence-corrected chi connectivity index (χ0v) is 18.3. The molecule has 0 saturated heterocycles. The van der Waals surface area contributed by atoms with Crippen LogP contribution in [0.2, 0.25) is 0 Å². The van der Waals surface area contributed by atoms with Crippen LogP contribution in [0.25, 0.3) is 10.9 Å². The van der Waals surface area contributed by atoms with E-state index in [1.807, 2.05) is 49.6 Å². The minimum Gasteiger partial charge on any atom is -0.484 e. The third-order valence-corrected chi connectivity index (χ3v) is 5.78. The normalized spacial score (nSPS) is 12.0. The van der Waals surface area contributed by atoms with E-state index in [1.165, 1.54) is 11.1 Å². The fourth-order valence-electron chi connectivity index (χ4n) is 3.89. The van der Waals surface area contributed by atoms with Crippen molar-refractivity contribution in [2.75, 3.05) is 13.7 Å². The molecule has 0 aliphatic rings. The molecule has 4 aromatic rings. The lowest BCUT2D eigenvalue weighted by molar-refractivity contribution is -0.133. The summed E-state index contributed by atoms with van der Waals surface area (Å²) in [5.74, 6) is 0.633. The number of benzene rings is 3. The quantitative estimate of drug-likeness (QED) is 0.425. The number of hydrogen-bond donors (Lipinski definition) is 1. The molecule has 4 rings (SSSR count). The second kappa shape index (κ2) is 9.09. The third-order valence-electron chi connectivity index (χ3n) is 5.78. The number of likely N-dealkylation sites (N-methyl/N-ethyl adjacent to an activating group) is 1. The molecule has 0 fully saturated rings. The molecule has 0 saturated carbocycles. The van der Waals surface area contributed by atoms with Crippen LogP contribution in [-0.2, 0) is 11.2 Å². The molecule has 3 aromatic carbocycles. The molecule has 0 spiro atoms. The Morgan fingerprint density at radius 2 is 1.71 bits per heavy atom. The standard InChI is InChI=1S/C27H28N2O2/c1-4-20-11-15-22(16-12-20)31-18-26(30)29(3)27(21-13-9-19(2)10-14-21)24-17-28-25-8-6-5-7-23(24)25/h5-17,27-28H,4,18H2,1-3H3/t27-/m0/s1. The van der Waals surface area contributed by atoms with Gasteiger partial charge < -0.3 is 14.6 Å². The van der Waals surface area contributed by atoms with Gasteiger partial charge >= 0.3 is 0 Å². The Labute approximate surface area is 183 Å². The van der Waals surface area contributed by atoms with Gasteiger partial charge in [-0.05, 0) is 42.7 Å². The van der Waals surface area contributed by atoms with Gasteiger partial charge in [-0.15, -0.1) is 0 Å². The highest BCUT2D eigenvalue weighted by molar-refractivity contribution is 5.85. The number of ether oxygens (including phenoxy) is 1. The molecule has 0 unspecified atom stereocenters. The minimum absolute atomic E-state index is 0.00725. The minimum atomic E-state index is -0.213. The van der Waals surface area contributed by atoms with E-state index >= 15 is 0 Å². The van der Waals surface area contributed by atoms with Gasteiger partial charge in [0, 0.05) is 29.7 Å². The van der Waals surface area contributed by atoms with Crippen molar-refractivity contribution in [2.24, 2.45) is 0 Å². The van der Waals surface area contributed by atoms with Gasteiger partial charge in [-0.25, -0.2) is 0 Å². The summed E-state index contributed by atoms with van der Waals surface area (Å²) in [7, 11) is 1.85. The third kappa shape index (κ3) is 4.48. The maximum absolute atomic E-state index is 13.1. The van der Waals surface area contributed by atoms with Crippen LogP contribution < -0.4 is 4.74 Å². The van der Waals surface area contributed by atoms with E-state index in [9.17, 15) is 4.79 Å². The highest BCUT2D eigenvalue weighted by Crippen LogP contribution is 2.33. The van der Waals surface area contributed by atoms with Gasteiger partial charge in [0.15, 0.2) is 6.61 Å². The van der Waals surface area contributed by atoms with E-state index in [-0.39, 0.29) is 18.6 Å². The van der Waals surface area contributed by atoms with Crippen molar-refractivity contribution in [1.29, 1.82) is 0 Å². The van der Waals surface area contributed by atoms with Crippen molar-refractivity contribution < 1.29 is 9.53 Å². The molecule has 0 bridgehead atoms. The molecule has 1 atom stereocenters. The molecule has 1 amide bonds. The van der Waals surface area contributed by atoms with Crippen LogP contribution in [0.4, 0.5) is 0 Å². The first kappa shape index (κ1) is 20.7. The van der Waals surface area contributed by atoms with Crippen molar-refractivity contribution in [3.8, 4) is 5.75 Å². The fraction of sp³-hybridized carbons (Fsp3) is 0.222. The average Bonchev–Trinajstić information content (AvgIpc) is 3.23. The summed E-state index contributed by atoms with van der Waals surface area (Å²) in [6, 6.07) is 24.2. The van der Waals surface area contributed by atoms with Gasteiger partial charge in [0.05, 0.1) is 6.04 Å². The molecule has 1 aromatic heterocycles. The number of fused-ring (bicyclic) bond motifs is 1. The lowest BCUT2D eigenvalue weighted by atomic mass is 9.96. The molecule has 1 heterocycles. The summed E-state index contributed by atoms with van der Waals surface area (Å²) in [5.41, 5.74) is 5.63. The first-order valence-corrected chi connectivity index (χ1v) is 10.7. The zero-order valence-electron chi connectivity index (χ0n) is 18.3. The van der Waals surface area contributed by atoms with Gasteiger partial charge in [-0.2, -0.15) is 0 Å². The van der Waals surface area contributed by atoms with Crippen molar-refractivity contribution in [3.63, 3.8) is 0 Å². The maximum atomic E-state index is 13.1. The summed E-state index contributed by atoms with van der Waals surface area (Å²) in [5, 5.41) is 1.11. The molecule has 4 nitrogen and oxygen atoms in total. The van der Waals surface area contributed by atoms with Crippen LogP contribution in [0.5, 0.6) is 5.75 Å². The lowest BCUT2D eigenvalue weighted by Crippen LogP contribution is -2.35. The number of carbonyl (C=O) groups excluding carboxylic acids is 1. The summed E-state index contributed by atoms with van der Waals surface area (Å²) >= 11 is 0. The monoisotopic (exact) mass is 412 g/mol. The van der Waals surface area contributed by atoms with Gasteiger partial charge in [-0.3, -0.25) is 4.79 Å². The predicted octanol–water partition coefficient (Wildman–Crippen LogP) is 5.67. The van der Waals surface area contributed by atoms with Gasteiger partial charge in [0.2, 0.25) is 0 Å². The number of nitrogens with zero attached hydrogens (tertiary/aromatic N) is 1. The van der Waals surface area contributed by atoms with Crippen molar-refractivity contribution in [2.45, 2.75) is 26.3 Å². The van der Waals surface area contributed by atoms with Crippen LogP contribution in [0, 0.1) is 6.92 Å². The second-order valence-electron chi connectivity index (χ2n) is 7.89. The van der Waals surface area contributed by atoms with Crippen LogP contribution in [0.3, 0.4) is 0 Å². The second-order valence-corrected chi connectivity index (χ2v) is 7.89. The van der Waals surface area contributed by atoms with E-state index in [2.05, 4.69) is 55.2 Å². The first-order chi connectivity index (χ1) is 15.1. The van der Waals surface area contributed by atoms with Crippen molar-refractivity contribution >= 4 is 16.8 Å². The van der Waals surface area contributed by atoms with E-state index in [0.717, 1.165) is 28.5 Å².